The topological polar surface area (TPSA) is 107 Å². The van der Waals surface area contributed by atoms with E-state index in [2.05, 4.69) is 20.4 Å². The van der Waals surface area contributed by atoms with Crippen molar-refractivity contribution >= 4 is 27.3 Å². The average Bonchev–Trinajstić information content (AvgIpc) is 3.16. The Morgan fingerprint density at radius 2 is 1.90 bits per heavy atom. The summed E-state index contributed by atoms with van der Waals surface area (Å²) in [6.45, 7) is 1.54. The standard InChI is InChI=1S/C18H15ClF3N5O3S/c1-10(16-24-9-25-27(16)15-4-3-13(19)8-23-15)26-17(28)11-5-12(18(20,21)22)7-14(6-11)31(2,29)30/h3-10H,1-2H3,(H,26,28)/t10-/m0/s1. The summed E-state index contributed by atoms with van der Waals surface area (Å²) in [5.41, 5.74) is -1.71. The van der Waals surface area contributed by atoms with Crippen LogP contribution in [0.4, 0.5) is 13.2 Å². The third-order valence-electron chi connectivity index (χ3n) is 4.16. The van der Waals surface area contributed by atoms with E-state index in [1.54, 1.807) is 19.1 Å². The highest BCUT2D eigenvalue weighted by molar-refractivity contribution is 7.90. The quantitative estimate of drug-likeness (QED) is 0.609. The Bertz CT molecular complexity index is 1230. The number of halogens is 4. The Hall–Kier alpha value is -2.99. The largest absolute Gasteiger partial charge is 0.416 e. The number of hydrogen-bond donors (Lipinski definition) is 1. The van der Waals surface area contributed by atoms with E-state index in [-0.39, 0.29) is 5.82 Å². The Morgan fingerprint density at radius 1 is 1.19 bits per heavy atom. The first kappa shape index (κ1) is 22.7. The summed E-state index contributed by atoms with van der Waals surface area (Å²) in [5, 5.41) is 6.93. The molecule has 1 amide bonds. The van der Waals surface area contributed by atoms with Crippen molar-refractivity contribution in [3.05, 3.63) is 64.8 Å². The molecule has 13 heteroatoms. The predicted octanol–water partition coefficient (Wildman–Crippen LogP) is 3.23. The van der Waals surface area contributed by atoms with Crippen LogP contribution in [0.15, 0.2) is 47.8 Å². The van der Waals surface area contributed by atoms with Gasteiger partial charge in [-0.25, -0.2) is 18.4 Å². The van der Waals surface area contributed by atoms with Crippen LogP contribution < -0.4 is 5.32 Å². The molecule has 0 aliphatic carbocycles. The number of alkyl halides is 3. The molecule has 3 rings (SSSR count). The highest BCUT2D eigenvalue weighted by Gasteiger charge is 2.33. The van der Waals surface area contributed by atoms with Gasteiger partial charge in [0, 0.05) is 18.0 Å². The number of sulfone groups is 1. The van der Waals surface area contributed by atoms with Gasteiger partial charge in [-0.3, -0.25) is 4.79 Å². The first-order valence-electron chi connectivity index (χ1n) is 8.61. The van der Waals surface area contributed by atoms with Gasteiger partial charge in [0.2, 0.25) is 0 Å². The number of aromatic nitrogens is 4. The maximum Gasteiger partial charge on any atom is 0.416 e. The second-order valence-corrected chi connectivity index (χ2v) is 9.03. The third-order valence-corrected chi connectivity index (χ3v) is 5.48. The minimum atomic E-state index is -4.83. The highest BCUT2D eigenvalue weighted by atomic mass is 35.5. The summed E-state index contributed by atoms with van der Waals surface area (Å²) in [6.07, 6.45) is -1.46. The molecule has 0 spiro atoms. The molecule has 8 nitrogen and oxygen atoms in total. The molecule has 1 atom stereocenters. The summed E-state index contributed by atoms with van der Waals surface area (Å²) >= 11 is 5.81. The van der Waals surface area contributed by atoms with Crippen molar-refractivity contribution in [1.29, 1.82) is 0 Å². The van der Waals surface area contributed by atoms with E-state index >= 15 is 0 Å². The molecule has 0 aliphatic rings. The van der Waals surface area contributed by atoms with Crippen LogP contribution in [-0.2, 0) is 16.0 Å². The summed E-state index contributed by atoms with van der Waals surface area (Å²) < 4.78 is 64.5. The molecule has 31 heavy (non-hydrogen) atoms. The van der Waals surface area contributed by atoms with E-state index in [4.69, 9.17) is 11.6 Å². The average molecular weight is 474 g/mol. The number of nitrogens with one attached hydrogen (secondary N) is 1. The van der Waals surface area contributed by atoms with Crippen LogP contribution in [0, 0.1) is 0 Å². The highest BCUT2D eigenvalue weighted by Crippen LogP contribution is 2.32. The van der Waals surface area contributed by atoms with Crippen molar-refractivity contribution in [3.63, 3.8) is 0 Å². The van der Waals surface area contributed by atoms with Crippen LogP contribution in [-0.4, -0.2) is 40.3 Å². The van der Waals surface area contributed by atoms with Gasteiger partial charge >= 0.3 is 6.18 Å². The second-order valence-electron chi connectivity index (χ2n) is 6.58. The molecule has 3 aromatic rings. The van der Waals surface area contributed by atoms with Crippen molar-refractivity contribution in [3.8, 4) is 5.82 Å². The lowest BCUT2D eigenvalue weighted by atomic mass is 10.1. The lowest BCUT2D eigenvalue weighted by molar-refractivity contribution is -0.137. The minimum Gasteiger partial charge on any atom is -0.342 e. The number of benzene rings is 1. The van der Waals surface area contributed by atoms with E-state index in [1.807, 2.05) is 0 Å². The predicted molar refractivity (Wildman–Crippen MR) is 105 cm³/mol. The Kier molecular flexibility index (Phi) is 6.05. The molecule has 0 unspecified atom stereocenters. The molecule has 0 fully saturated rings. The zero-order valence-corrected chi connectivity index (χ0v) is 17.6. The number of carbonyl (C=O) groups is 1. The summed E-state index contributed by atoms with van der Waals surface area (Å²) in [6, 6.07) is 4.30. The van der Waals surface area contributed by atoms with Gasteiger partial charge < -0.3 is 5.32 Å². The van der Waals surface area contributed by atoms with Gasteiger partial charge in [-0.1, -0.05) is 11.6 Å². The van der Waals surface area contributed by atoms with Gasteiger partial charge in [-0.15, -0.1) is 0 Å². The fourth-order valence-corrected chi connectivity index (χ4v) is 3.46. The third kappa shape index (κ3) is 5.20. The van der Waals surface area contributed by atoms with Crippen LogP contribution in [0.5, 0.6) is 0 Å². The van der Waals surface area contributed by atoms with Crippen molar-refractivity contribution in [2.75, 3.05) is 6.26 Å². The monoisotopic (exact) mass is 473 g/mol. The lowest BCUT2D eigenvalue weighted by Crippen LogP contribution is -2.29. The van der Waals surface area contributed by atoms with Crippen molar-refractivity contribution < 1.29 is 26.4 Å². The SMILES string of the molecule is C[C@H](NC(=O)c1cc(C(F)(F)F)cc(S(C)(=O)=O)c1)c1ncnn1-c1ccc(Cl)cn1. The molecule has 0 saturated heterocycles. The minimum absolute atomic E-state index is 0.249. The van der Waals surface area contributed by atoms with Crippen LogP contribution in [0.2, 0.25) is 5.02 Å². The Balaban J connectivity index is 1.92. The summed E-state index contributed by atoms with van der Waals surface area (Å²) in [4.78, 5) is 20.2. The van der Waals surface area contributed by atoms with Crippen LogP contribution in [0.3, 0.4) is 0 Å². The molecular formula is C18H15ClF3N5O3S. The second kappa shape index (κ2) is 8.27. The molecule has 1 aromatic carbocycles. The van der Waals surface area contributed by atoms with E-state index in [0.29, 0.717) is 23.0 Å². The molecule has 2 heterocycles. The van der Waals surface area contributed by atoms with Gasteiger partial charge in [0.1, 0.15) is 6.33 Å². The number of pyridine rings is 1. The van der Waals surface area contributed by atoms with Gasteiger partial charge in [-0.05, 0) is 37.3 Å². The van der Waals surface area contributed by atoms with Gasteiger partial charge in [0.25, 0.3) is 5.91 Å². The van der Waals surface area contributed by atoms with Gasteiger partial charge in [0.15, 0.2) is 21.5 Å². The fourth-order valence-electron chi connectivity index (χ4n) is 2.67. The maximum absolute atomic E-state index is 13.2. The van der Waals surface area contributed by atoms with Gasteiger partial charge in [-0.2, -0.15) is 23.0 Å². The molecule has 0 aliphatic heterocycles. The first-order chi connectivity index (χ1) is 14.4. The molecular weight excluding hydrogens is 459 g/mol. The van der Waals surface area contributed by atoms with E-state index in [9.17, 15) is 26.4 Å². The molecule has 1 N–H and O–H groups in total. The zero-order chi connectivity index (χ0) is 23.0. The van der Waals surface area contributed by atoms with Crippen molar-refractivity contribution in [1.82, 2.24) is 25.1 Å². The van der Waals surface area contributed by atoms with Gasteiger partial charge in [0.05, 0.1) is 21.5 Å². The number of carbonyl (C=O) groups excluding carboxylic acids is 1. The van der Waals surface area contributed by atoms with Crippen LogP contribution >= 0.6 is 11.6 Å². The molecule has 2 aromatic heterocycles. The smallest absolute Gasteiger partial charge is 0.342 e. The molecule has 0 saturated carbocycles. The van der Waals surface area contributed by atoms with E-state index in [0.717, 1.165) is 12.3 Å². The molecule has 0 radical (unpaired) electrons. The van der Waals surface area contributed by atoms with Crippen LogP contribution in [0.25, 0.3) is 5.82 Å². The van der Waals surface area contributed by atoms with E-state index < -0.39 is 44.0 Å². The summed E-state index contributed by atoms with van der Waals surface area (Å²) in [7, 11) is -3.99. The molecule has 164 valence electrons. The number of hydrogen-bond acceptors (Lipinski definition) is 6. The number of nitrogens with zero attached hydrogens (tertiary/aromatic N) is 4. The normalized spacial score (nSPS) is 13.1. The van der Waals surface area contributed by atoms with Crippen molar-refractivity contribution in [2.24, 2.45) is 0 Å². The lowest BCUT2D eigenvalue weighted by Gasteiger charge is -2.16. The molecule has 0 bridgehead atoms. The van der Waals surface area contributed by atoms with Crippen LogP contribution in [0.1, 0.15) is 34.7 Å². The zero-order valence-electron chi connectivity index (χ0n) is 16.1. The maximum atomic E-state index is 13.2. The van der Waals surface area contributed by atoms with E-state index in [1.165, 1.54) is 17.2 Å². The number of rotatable bonds is 5. The first-order valence-corrected chi connectivity index (χ1v) is 10.9. The Labute approximate surface area is 180 Å². The number of amides is 1. The van der Waals surface area contributed by atoms with Crippen molar-refractivity contribution in [2.45, 2.75) is 24.0 Å². The fraction of sp³-hybridized carbons (Fsp3) is 0.222. The summed E-state index contributed by atoms with van der Waals surface area (Å²) in [5.74, 6) is -0.308. The Morgan fingerprint density at radius 3 is 2.48 bits per heavy atom.